The summed E-state index contributed by atoms with van der Waals surface area (Å²) in [6.45, 7) is 1.31. The van der Waals surface area contributed by atoms with Crippen LogP contribution in [0.25, 0.3) is 0 Å². The minimum atomic E-state index is -6.24. The fourth-order valence-corrected chi connectivity index (χ4v) is 8.08. The van der Waals surface area contributed by atoms with Crippen LogP contribution < -0.4 is 0 Å². The van der Waals surface area contributed by atoms with E-state index in [0.29, 0.717) is 0 Å². The summed E-state index contributed by atoms with van der Waals surface area (Å²) in [7, 11) is -6.24. The van der Waals surface area contributed by atoms with Gasteiger partial charge in [0.1, 0.15) is 0 Å². The van der Waals surface area contributed by atoms with Crippen molar-refractivity contribution in [3.05, 3.63) is 32.7 Å². The molecule has 0 saturated carbocycles. The summed E-state index contributed by atoms with van der Waals surface area (Å²) in [5, 5.41) is 0. The van der Waals surface area contributed by atoms with Crippen LogP contribution in [-0.4, -0.2) is 18.4 Å². The Morgan fingerprint density at radius 1 is 0.913 bits per heavy atom. The summed E-state index contributed by atoms with van der Waals surface area (Å²) < 4.78 is 127. The molecule has 0 unspecified atom stereocenters. The van der Waals surface area contributed by atoms with Gasteiger partial charge in [0.25, 0.3) is 0 Å². The van der Waals surface area contributed by atoms with Gasteiger partial charge in [-0.25, -0.2) is 0 Å². The maximum atomic E-state index is 13.6. The second-order valence-electron chi connectivity index (χ2n) is 3.86. The molecule has 0 aromatic heterocycles. The molecule has 0 aliphatic rings. The Kier molecular flexibility index (Phi) is 6.23. The molecule has 13 heteroatoms. The summed E-state index contributed by atoms with van der Waals surface area (Å²) in [6.07, 6.45) is -0.0995. The standard InChI is InChI=1S/C10H7F8IO3S/c1-2-3-19(22-23(20,21)10(16,17)18)9-7(14)5(12)4(11)6(13)8(9)15/h2-3H2,1H3. The van der Waals surface area contributed by atoms with Crippen molar-refractivity contribution in [1.29, 1.82) is 0 Å². The van der Waals surface area contributed by atoms with Gasteiger partial charge in [0.15, 0.2) is 0 Å². The van der Waals surface area contributed by atoms with Crippen molar-refractivity contribution in [2.24, 2.45) is 0 Å². The van der Waals surface area contributed by atoms with Gasteiger partial charge in [-0.3, -0.25) is 0 Å². The second-order valence-corrected chi connectivity index (χ2v) is 10.4. The van der Waals surface area contributed by atoms with E-state index in [2.05, 4.69) is 2.51 Å². The normalized spacial score (nSPS) is 13.3. The van der Waals surface area contributed by atoms with Crippen molar-refractivity contribution < 1.29 is 46.1 Å². The van der Waals surface area contributed by atoms with Crippen molar-refractivity contribution in [3.63, 3.8) is 0 Å². The quantitative estimate of drug-likeness (QED) is 0.156. The van der Waals surface area contributed by atoms with Crippen LogP contribution in [0.3, 0.4) is 0 Å². The van der Waals surface area contributed by atoms with E-state index in [1.807, 2.05) is 0 Å². The van der Waals surface area contributed by atoms with E-state index in [9.17, 15) is 43.5 Å². The van der Waals surface area contributed by atoms with E-state index in [4.69, 9.17) is 0 Å². The molecule has 0 aliphatic heterocycles. The summed E-state index contributed by atoms with van der Waals surface area (Å²) in [6, 6.07) is 0. The molecule has 0 fully saturated rings. The predicted molar refractivity (Wildman–Crippen MR) is 70.2 cm³/mol. The molecule has 0 N–H and O–H groups in total. The Balaban J connectivity index is 3.50. The van der Waals surface area contributed by atoms with Gasteiger partial charge in [-0.05, 0) is 0 Å². The zero-order valence-corrected chi connectivity index (χ0v) is 13.9. The molecule has 0 spiro atoms. The van der Waals surface area contributed by atoms with Crippen LogP contribution in [0.2, 0.25) is 0 Å². The number of halogens is 9. The average molecular weight is 486 g/mol. The van der Waals surface area contributed by atoms with Gasteiger partial charge in [-0.1, -0.05) is 0 Å². The van der Waals surface area contributed by atoms with Crippen LogP contribution in [0.4, 0.5) is 35.1 Å². The summed E-state index contributed by atoms with van der Waals surface area (Å²) >= 11 is -4.39. The van der Waals surface area contributed by atoms with Gasteiger partial charge in [0.2, 0.25) is 0 Å². The Morgan fingerprint density at radius 2 is 1.30 bits per heavy atom. The van der Waals surface area contributed by atoms with Gasteiger partial charge in [0, 0.05) is 0 Å². The summed E-state index contributed by atoms with van der Waals surface area (Å²) in [5.74, 6) is -12.1. The van der Waals surface area contributed by atoms with Gasteiger partial charge in [-0.2, -0.15) is 0 Å². The first kappa shape index (κ1) is 20.3. The molecule has 1 aromatic rings. The molecule has 0 aliphatic carbocycles. The molecular weight excluding hydrogens is 479 g/mol. The van der Waals surface area contributed by atoms with Crippen LogP contribution in [0.1, 0.15) is 13.3 Å². The first-order valence-corrected chi connectivity index (χ1v) is 10.4. The molecule has 1 rings (SSSR count). The van der Waals surface area contributed by atoms with Crippen LogP contribution in [-0.2, 0) is 12.6 Å². The van der Waals surface area contributed by atoms with Gasteiger partial charge in [-0.15, -0.1) is 0 Å². The molecule has 3 nitrogen and oxygen atoms in total. The monoisotopic (exact) mass is 486 g/mol. The number of benzene rings is 1. The van der Waals surface area contributed by atoms with Crippen LogP contribution in [0, 0.1) is 32.7 Å². The Hall–Kier alpha value is -0.700. The third-order valence-corrected chi connectivity index (χ3v) is 9.99. The van der Waals surface area contributed by atoms with Crippen molar-refractivity contribution >= 4 is 30.4 Å². The molecule has 0 bridgehead atoms. The number of alkyl halides is 4. The minimum absolute atomic E-state index is 0.0995. The Labute approximate surface area is 132 Å². The second kappa shape index (κ2) is 7.04. The average Bonchev–Trinajstić information content (AvgIpc) is 2.42. The first-order valence-electron chi connectivity index (χ1n) is 5.53. The number of hydrogen-bond donors (Lipinski definition) is 0. The van der Waals surface area contributed by atoms with Crippen LogP contribution in [0.15, 0.2) is 0 Å². The first-order chi connectivity index (χ1) is 10.3. The Morgan fingerprint density at radius 3 is 1.65 bits per heavy atom. The fourth-order valence-electron chi connectivity index (χ4n) is 1.23. The maximum absolute atomic E-state index is 13.6. The molecule has 1 aromatic carbocycles. The van der Waals surface area contributed by atoms with Crippen LogP contribution >= 0.6 is 20.2 Å². The number of rotatable bonds is 5. The van der Waals surface area contributed by atoms with Crippen molar-refractivity contribution in [1.82, 2.24) is 0 Å². The van der Waals surface area contributed by atoms with E-state index < -0.39 is 72.9 Å². The van der Waals surface area contributed by atoms with Gasteiger partial charge in [0.05, 0.1) is 0 Å². The van der Waals surface area contributed by atoms with Gasteiger partial charge < -0.3 is 0 Å². The molecule has 0 amide bonds. The van der Waals surface area contributed by atoms with Gasteiger partial charge >= 0.3 is 132 Å². The molecule has 0 atom stereocenters. The third kappa shape index (κ3) is 4.04. The Bertz CT molecular complexity index is 674. The third-order valence-electron chi connectivity index (χ3n) is 2.17. The van der Waals surface area contributed by atoms with E-state index >= 15 is 0 Å². The molecule has 0 radical (unpaired) electrons. The van der Waals surface area contributed by atoms with E-state index in [0.717, 1.165) is 0 Å². The molecule has 0 heterocycles. The molecule has 134 valence electrons. The van der Waals surface area contributed by atoms with E-state index in [1.165, 1.54) is 6.92 Å². The van der Waals surface area contributed by atoms with E-state index in [-0.39, 0.29) is 6.42 Å². The van der Waals surface area contributed by atoms with E-state index in [1.54, 1.807) is 0 Å². The topological polar surface area (TPSA) is 43.4 Å². The summed E-state index contributed by atoms with van der Waals surface area (Å²) in [5.41, 5.74) is -5.89. The van der Waals surface area contributed by atoms with Crippen LogP contribution in [0.5, 0.6) is 0 Å². The fraction of sp³-hybridized carbons (Fsp3) is 0.400. The van der Waals surface area contributed by atoms with Crippen molar-refractivity contribution in [3.8, 4) is 0 Å². The zero-order valence-electron chi connectivity index (χ0n) is 10.9. The molecule has 0 saturated heterocycles. The van der Waals surface area contributed by atoms with Crippen molar-refractivity contribution in [2.45, 2.75) is 18.9 Å². The van der Waals surface area contributed by atoms with Crippen molar-refractivity contribution in [2.75, 3.05) is 4.43 Å². The zero-order chi connectivity index (χ0) is 18.2. The molecular formula is C10H7F8IO3S. The number of hydrogen-bond acceptors (Lipinski definition) is 3. The predicted octanol–water partition coefficient (Wildman–Crippen LogP) is 4.25. The SMILES string of the molecule is CCCI(OS(=O)(=O)C(F)(F)F)c1c(F)c(F)c(F)c(F)c1F. The summed E-state index contributed by atoms with van der Waals surface area (Å²) in [4.78, 5) is 0. The molecule has 23 heavy (non-hydrogen) atoms.